The lowest BCUT2D eigenvalue weighted by molar-refractivity contribution is 0.0629. The molecule has 0 atom stereocenters. The van der Waals surface area contributed by atoms with Gasteiger partial charge in [0.2, 0.25) is 0 Å². The molecule has 1 aromatic carbocycles. The summed E-state index contributed by atoms with van der Waals surface area (Å²) in [7, 11) is 1.59. The van der Waals surface area contributed by atoms with Crippen LogP contribution in [0.5, 0.6) is 11.5 Å². The molecular formula is C19H23BrN2O3S. The minimum absolute atomic E-state index is 0.0325. The molecule has 26 heavy (non-hydrogen) atoms. The number of carbonyl (C=O) groups is 1. The topological polar surface area (TPSA) is 42.0 Å². The number of ether oxygens (including phenoxy) is 2. The van der Waals surface area contributed by atoms with Crippen molar-refractivity contribution >= 4 is 33.2 Å². The number of rotatable bonds is 6. The number of piperazine rings is 1. The SMILES string of the molecule is CCOc1cc(C(=O)N2CCN(Cc3cccs3)CC2)cc(Br)c1OC. The first-order chi connectivity index (χ1) is 12.6. The van der Waals surface area contributed by atoms with Gasteiger partial charge in [-0.1, -0.05) is 6.07 Å². The molecule has 1 aliphatic rings. The Labute approximate surface area is 166 Å². The average Bonchev–Trinajstić information content (AvgIpc) is 3.15. The van der Waals surface area contributed by atoms with Gasteiger partial charge in [0.15, 0.2) is 11.5 Å². The van der Waals surface area contributed by atoms with E-state index in [2.05, 4.69) is 38.3 Å². The van der Waals surface area contributed by atoms with Gasteiger partial charge in [0.25, 0.3) is 5.91 Å². The fourth-order valence-corrected chi connectivity index (χ4v) is 4.42. The number of methoxy groups -OCH3 is 1. The Balaban J connectivity index is 1.66. The van der Waals surface area contributed by atoms with E-state index in [-0.39, 0.29) is 5.91 Å². The van der Waals surface area contributed by atoms with E-state index >= 15 is 0 Å². The van der Waals surface area contributed by atoms with Crippen molar-refractivity contribution in [2.45, 2.75) is 13.5 Å². The van der Waals surface area contributed by atoms with Gasteiger partial charge in [0.05, 0.1) is 18.2 Å². The summed E-state index contributed by atoms with van der Waals surface area (Å²) in [6, 6.07) is 7.82. The lowest BCUT2D eigenvalue weighted by atomic mass is 10.1. The molecule has 1 amide bonds. The standard InChI is InChI=1S/C19H23BrN2O3S/c1-3-25-17-12-14(11-16(20)18(17)24-2)19(23)22-8-6-21(7-9-22)13-15-5-4-10-26-15/h4-5,10-12H,3,6-9,13H2,1-2H3. The molecule has 140 valence electrons. The van der Waals surface area contributed by atoms with Gasteiger partial charge in [-0.05, 0) is 46.4 Å². The number of carbonyl (C=O) groups excluding carboxylic acids is 1. The van der Waals surface area contributed by atoms with Crippen LogP contribution >= 0.6 is 27.3 Å². The van der Waals surface area contributed by atoms with E-state index in [0.29, 0.717) is 23.7 Å². The third-order valence-electron chi connectivity index (χ3n) is 4.38. The summed E-state index contributed by atoms with van der Waals surface area (Å²) in [5.41, 5.74) is 0.618. The zero-order chi connectivity index (χ0) is 18.5. The quantitative estimate of drug-likeness (QED) is 0.686. The molecule has 0 N–H and O–H groups in total. The van der Waals surface area contributed by atoms with E-state index in [4.69, 9.17) is 9.47 Å². The van der Waals surface area contributed by atoms with Crippen molar-refractivity contribution in [1.29, 1.82) is 0 Å². The van der Waals surface area contributed by atoms with E-state index < -0.39 is 0 Å². The van der Waals surface area contributed by atoms with E-state index in [9.17, 15) is 4.79 Å². The highest BCUT2D eigenvalue weighted by Gasteiger charge is 2.24. The van der Waals surface area contributed by atoms with Gasteiger partial charge in [-0.2, -0.15) is 0 Å². The molecule has 0 aliphatic carbocycles. The minimum Gasteiger partial charge on any atom is -0.492 e. The number of amides is 1. The van der Waals surface area contributed by atoms with E-state index in [0.717, 1.165) is 37.2 Å². The van der Waals surface area contributed by atoms with Gasteiger partial charge in [0, 0.05) is 43.2 Å². The summed E-state index contributed by atoms with van der Waals surface area (Å²) in [5, 5.41) is 2.10. The molecule has 5 nitrogen and oxygen atoms in total. The molecule has 1 fully saturated rings. The zero-order valence-corrected chi connectivity index (χ0v) is 17.4. The molecule has 0 radical (unpaired) electrons. The molecule has 0 unspecified atom stereocenters. The predicted octanol–water partition coefficient (Wildman–Crippen LogP) is 3.88. The van der Waals surface area contributed by atoms with Crippen molar-refractivity contribution in [2.24, 2.45) is 0 Å². The van der Waals surface area contributed by atoms with Crippen LogP contribution in [0.2, 0.25) is 0 Å². The maximum absolute atomic E-state index is 12.9. The second-order valence-electron chi connectivity index (χ2n) is 6.07. The van der Waals surface area contributed by atoms with Crippen molar-refractivity contribution in [3.63, 3.8) is 0 Å². The summed E-state index contributed by atoms with van der Waals surface area (Å²) in [4.78, 5) is 18.6. The monoisotopic (exact) mass is 438 g/mol. The number of halogens is 1. The second kappa shape index (κ2) is 8.88. The smallest absolute Gasteiger partial charge is 0.254 e. The summed E-state index contributed by atoms with van der Waals surface area (Å²) < 4.78 is 11.7. The summed E-state index contributed by atoms with van der Waals surface area (Å²) in [6.07, 6.45) is 0. The Kier molecular flexibility index (Phi) is 6.56. The molecule has 0 saturated carbocycles. The molecular weight excluding hydrogens is 416 g/mol. The number of thiophene rings is 1. The largest absolute Gasteiger partial charge is 0.492 e. The molecule has 1 saturated heterocycles. The van der Waals surface area contributed by atoms with Gasteiger partial charge >= 0.3 is 0 Å². The second-order valence-corrected chi connectivity index (χ2v) is 7.96. The molecule has 1 aliphatic heterocycles. The van der Waals surface area contributed by atoms with Crippen LogP contribution in [0.3, 0.4) is 0 Å². The maximum Gasteiger partial charge on any atom is 0.254 e. The Hall–Kier alpha value is -1.57. The highest BCUT2D eigenvalue weighted by molar-refractivity contribution is 9.10. The van der Waals surface area contributed by atoms with Crippen molar-refractivity contribution in [3.05, 3.63) is 44.6 Å². The first kappa shape index (κ1) is 19.2. The first-order valence-corrected chi connectivity index (χ1v) is 10.3. The number of nitrogens with zero attached hydrogens (tertiary/aromatic N) is 2. The maximum atomic E-state index is 12.9. The van der Waals surface area contributed by atoms with Crippen LogP contribution in [0.4, 0.5) is 0 Å². The van der Waals surface area contributed by atoms with Crippen molar-refractivity contribution in [1.82, 2.24) is 9.80 Å². The predicted molar refractivity (Wildman–Crippen MR) is 107 cm³/mol. The summed E-state index contributed by atoms with van der Waals surface area (Å²) in [5.74, 6) is 1.23. The highest BCUT2D eigenvalue weighted by Crippen LogP contribution is 2.37. The van der Waals surface area contributed by atoms with Gasteiger partial charge in [-0.3, -0.25) is 9.69 Å². The van der Waals surface area contributed by atoms with Gasteiger partial charge < -0.3 is 14.4 Å². The van der Waals surface area contributed by atoms with Gasteiger partial charge in [0.1, 0.15) is 0 Å². The van der Waals surface area contributed by atoms with Crippen LogP contribution in [0, 0.1) is 0 Å². The Morgan fingerprint density at radius 3 is 2.65 bits per heavy atom. The molecule has 2 aromatic rings. The van der Waals surface area contributed by atoms with E-state index in [1.165, 1.54) is 4.88 Å². The Morgan fingerprint density at radius 2 is 2.04 bits per heavy atom. The molecule has 3 rings (SSSR count). The highest BCUT2D eigenvalue weighted by atomic mass is 79.9. The molecule has 7 heteroatoms. The lowest BCUT2D eigenvalue weighted by Gasteiger charge is -2.34. The van der Waals surface area contributed by atoms with Crippen LogP contribution in [0.25, 0.3) is 0 Å². The molecule has 2 heterocycles. The normalized spacial score (nSPS) is 15.1. The molecule has 0 spiro atoms. The Morgan fingerprint density at radius 1 is 1.27 bits per heavy atom. The minimum atomic E-state index is 0.0325. The summed E-state index contributed by atoms with van der Waals surface area (Å²) in [6.45, 7) is 6.63. The third kappa shape index (κ3) is 4.39. The molecule has 0 bridgehead atoms. The van der Waals surface area contributed by atoms with E-state index in [1.54, 1.807) is 24.5 Å². The van der Waals surface area contributed by atoms with Gasteiger partial charge in [-0.15, -0.1) is 11.3 Å². The summed E-state index contributed by atoms with van der Waals surface area (Å²) >= 11 is 5.26. The van der Waals surface area contributed by atoms with Crippen molar-refractivity contribution in [3.8, 4) is 11.5 Å². The lowest BCUT2D eigenvalue weighted by Crippen LogP contribution is -2.48. The molecule has 1 aromatic heterocycles. The van der Waals surface area contributed by atoms with Crippen LogP contribution in [0.1, 0.15) is 22.2 Å². The van der Waals surface area contributed by atoms with Crippen molar-refractivity contribution < 1.29 is 14.3 Å². The first-order valence-electron chi connectivity index (χ1n) is 8.66. The van der Waals surface area contributed by atoms with Crippen LogP contribution in [-0.2, 0) is 6.54 Å². The fraction of sp³-hybridized carbons (Fsp3) is 0.421. The van der Waals surface area contributed by atoms with Gasteiger partial charge in [-0.25, -0.2) is 0 Å². The van der Waals surface area contributed by atoms with Crippen LogP contribution < -0.4 is 9.47 Å². The van der Waals surface area contributed by atoms with E-state index in [1.807, 2.05) is 17.9 Å². The number of hydrogen-bond donors (Lipinski definition) is 0. The van der Waals surface area contributed by atoms with Crippen LogP contribution in [0.15, 0.2) is 34.1 Å². The third-order valence-corrected chi connectivity index (χ3v) is 5.83. The fourth-order valence-electron chi connectivity index (χ4n) is 3.07. The number of hydrogen-bond acceptors (Lipinski definition) is 5. The number of benzene rings is 1. The zero-order valence-electron chi connectivity index (χ0n) is 15.0. The van der Waals surface area contributed by atoms with Crippen molar-refractivity contribution in [2.75, 3.05) is 39.9 Å². The Bertz CT molecular complexity index is 743. The average molecular weight is 439 g/mol. The van der Waals surface area contributed by atoms with Crippen LogP contribution in [-0.4, -0.2) is 55.6 Å².